The molecule has 2 aromatic rings. The maximum atomic E-state index is 4.29. The first-order valence-corrected chi connectivity index (χ1v) is 4.91. The van der Waals surface area contributed by atoms with Crippen LogP contribution in [0.3, 0.4) is 0 Å². The van der Waals surface area contributed by atoms with Crippen molar-refractivity contribution in [2.24, 2.45) is 0 Å². The average Bonchev–Trinajstić information content (AvgIpc) is 2.67. The van der Waals surface area contributed by atoms with Gasteiger partial charge in [0.05, 0.1) is 0 Å². The summed E-state index contributed by atoms with van der Waals surface area (Å²) in [4.78, 5) is 7.55. The van der Waals surface area contributed by atoms with Crippen LogP contribution in [-0.4, -0.2) is 20.2 Å². The lowest BCUT2D eigenvalue weighted by Gasteiger charge is -2.14. The van der Waals surface area contributed by atoms with E-state index in [0.29, 0.717) is 0 Å². The van der Waals surface area contributed by atoms with Crippen LogP contribution in [0.2, 0.25) is 0 Å². The zero-order chi connectivity index (χ0) is 10.9. The van der Waals surface area contributed by atoms with Gasteiger partial charge in [-0.05, 0) is 12.1 Å². The summed E-state index contributed by atoms with van der Waals surface area (Å²) in [6, 6.07) is 3.74. The van der Waals surface area contributed by atoms with Crippen LogP contribution in [0.15, 0.2) is 24.5 Å². The Morgan fingerprint density at radius 3 is 2.60 bits per heavy atom. The van der Waals surface area contributed by atoms with E-state index < -0.39 is 0 Å². The predicted octanol–water partition coefficient (Wildman–Crippen LogP) is 2.16. The van der Waals surface area contributed by atoms with Gasteiger partial charge < -0.3 is 4.98 Å². The second-order valence-electron chi connectivity index (χ2n) is 4.50. The molecule has 0 spiro atoms. The van der Waals surface area contributed by atoms with Crippen LogP contribution in [0.4, 0.5) is 0 Å². The molecular formula is C11H14N4. The zero-order valence-corrected chi connectivity index (χ0v) is 9.15. The maximum absolute atomic E-state index is 4.29. The predicted molar refractivity (Wildman–Crippen MR) is 58.3 cm³/mol. The van der Waals surface area contributed by atoms with Crippen LogP contribution < -0.4 is 0 Å². The Kier molecular flexibility index (Phi) is 2.26. The first-order valence-electron chi connectivity index (χ1n) is 4.91. The van der Waals surface area contributed by atoms with Crippen molar-refractivity contribution in [1.29, 1.82) is 0 Å². The highest BCUT2D eigenvalue weighted by Gasteiger charge is 2.17. The van der Waals surface area contributed by atoms with Crippen molar-refractivity contribution in [1.82, 2.24) is 20.2 Å². The second-order valence-corrected chi connectivity index (χ2v) is 4.50. The molecule has 0 saturated carbocycles. The Balaban J connectivity index is 2.37. The SMILES string of the molecule is CC(C)(C)c1cnc(-c2cccnn2)[nH]1. The highest BCUT2D eigenvalue weighted by atomic mass is 15.1. The van der Waals surface area contributed by atoms with E-state index >= 15 is 0 Å². The molecule has 0 aromatic carbocycles. The van der Waals surface area contributed by atoms with Crippen molar-refractivity contribution >= 4 is 0 Å². The fourth-order valence-corrected chi connectivity index (χ4v) is 1.26. The quantitative estimate of drug-likeness (QED) is 0.771. The standard InChI is InChI=1S/C11H14N4/c1-11(2,3)9-7-12-10(14-9)8-5-4-6-13-15-8/h4-7H,1-3H3,(H,12,14). The minimum Gasteiger partial charge on any atom is -0.340 e. The Labute approximate surface area is 88.8 Å². The van der Waals surface area contributed by atoms with E-state index in [1.165, 1.54) is 0 Å². The largest absolute Gasteiger partial charge is 0.340 e. The molecule has 0 fully saturated rings. The first kappa shape index (κ1) is 9.83. The van der Waals surface area contributed by atoms with E-state index in [1.54, 1.807) is 6.20 Å². The molecule has 0 aliphatic rings. The van der Waals surface area contributed by atoms with Crippen LogP contribution in [0.5, 0.6) is 0 Å². The van der Waals surface area contributed by atoms with Gasteiger partial charge in [0.25, 0.3) is 0 Å². The summed E-state index contributed by atoms with van der Waals surface area (Å²) in [5.41, 5.74) is 1.95. The Hall–Kier alpha value is -1.71. The number of imidazole rings is 1. The molecule has 0 aliphatic carbocycles. The lowest BCUT2D eigenvalue weighted by molar-refractivity contribution is 0.572. The second kappa shape index (κ2) is 3.46. The first-order chi connectivity index (χ1) is 7.07. The van der Waals surface area contributed by atoms with Gasteiger partial charge in [-0.2, -0.15) is 5.10 Å². The summed E-state index contributed by atoms with van der Waals surface area (Å²) < 4.78 is 0. The minimum atomic E-state index is 0.0768. The van der Waals surface area contributed by atoms with Gasteiger partial charge in [0.1, 0.15) is 5.69 Å². The molecule has 78 valence electrons. The highest BCUT2D eigenvalue weighted by Crippen LogP contribution is 2.22. The van der Waals surface area contributed by atoms with Crippen molar-refractivity contribution in [3.05, 3.63) is 30.2 Å². The number of H-pyrrole nitrogens is 1. The highest BCUT2D eigenvalue weighted by molar-refractivity contribution is 5.48. The van der Waals surface area contributed by atoms with Crippen molar-refractivity contribution in [3.8, 4) is 11.5 Å². The number of nitrogens with zero attached hydrogens (tertiary/aromatic N) is 3. The van der Waals surface area contributed by atoms with Gasteiger partial charge in [0, 0.05) is 23.5 Å². The van der Waals surface area contributed by atoms with Crippen LogP contribution in [-0.2, 0) is 5.41 Å². The third-order valence-corrected chi connectivity index (χ3v) is 2.20. The molecule has 0 saturated heterocycles. The van der Waals surface area contributed by atoms with Crippen molar-refractivity contribution in [2.45, 2.75) is 26.2 Å². The molecule has 0 atom stereocenters. The molecule has 2 aromatic heterocycles. The van der Waals surface area contributed by atoms with E-state index in [4.69, 9.17) is 0 Å². The van der Waals surface area contributed by atoms with Gasteiger partial charge in [-0.1, -0.05) is 20.8 Å². The number of rotatable bonds is 1. The van der Waals surface area contributed by atoms with Gasteiger partial charge in [0.15, 0.2) is 5.82 Å². The summed E-state index contributed by atoms with van der Waals surface area (Å²) in [6.07, 6.45) is 3.50. The zero-order valence-electron chi connectivity index (χ0n) is 9.15. The van der Waals surface area contributed by atoms with E-state index in [0.717, 1.165) is 17.2 Å². The summed E-state index contributed by atoms with van der Waals surface area (Å²) in [5.74, 6) is 0.771. The van der Waals surface area contributed by atoms with Crippen LogP contribution in [0.25, 0.3) is 11.5 Å². The normalized spacial score (nSPS) is 11.7. The van der Waals surface area contributed by atoms with E-state index in [9.17, 15) is 0 Å². The Bertz CT molecular complexity index is 439. The number of aromatic amines is 1. The Morgan fingerprint density at radius 2 is 2.07 bits per heavy atom. The molecule has 0 unspecified atom stereocenters. The number of hydrogen-bond donors (Lipinski definition) is 1. The molecule has 0 bridgehead atoms. The van der Waals surface area contributed by atoms with Crippen molar-refractivity contribution in [2.75, 3.05) is 0 Å². The average molecular weight is 202 g/mol. The molecule has 4 nitrogen and oxygen atoms in total. The van der Waals surface area contributed by atoms with Crippen LogP contribution in [0.1, 0.15) is 26.5 Å². The van der Waals surface area contributed by atoms with E-state index in [2.05, 4.69) is 40.9 Å². The molecule has 0 radical (unpaired) electrons. The molecule has 0 amide bonds. The summed E-state index contributed by atoms with van der Waals surface area (Å²) >= 11 is 0. The van der Waals surface area contributed by atoms with Gasteiger partial charge in [0.2, 0.25) is 0 Å². The topological polar surface area (TPSA) is 54.5 Å². The lowest BCUT2D eigenvalue weighted by atomic mass is 9.93. The summed E-state index contributed by atoms with van der Waals surface area (Å²) in [6.45, 7) is 6.42. The van der Waals surface area contributed by atoms with E-state index in [1.807, 2.05) is 18.3 Å². The number of aromatic nitrogens is 4. The fourth-order valence-electron chi connectivity index (χ4n) is 1.26. The molecule has 2 heterocycles. The molecule has 2 rings (SSSR count). The molecule has 15 heavy (non-hydrogen) atoms. The smallest absolute Gasteiger partial charge is 0.158 e. The summed E-state index contributed by atoms with van der Waals surface area (Å²) in [5, 5.41) is 7.82. The van der Waals surface area contributed by atoms with Gasteiger partial charge >= 0.3 is 0 Å². The molecule has 1 N–H and O–H groups in total. The Morgan fingerprint density at radius 1 is 1.27 bits per heavy atom. The van der Waals surface area contributed by atoms with Gasteiger partial charge in [-0.25, -0.2) is 4.98 Å². The molecule has 4 heteroatoms. The van der Waals surface area contributed by atoms with Crippen LogP contribution in [0, 0.1) is 0 Å². The maximum Gasteiger partial charge on any atom is 0.158 e. The fraction of sp³-hybridized carbons (Fsp3) is 0.364. The van der Waals surface area contributed by atoms with Crippen LogP contribution >= 0.6 is 0 Å². The minimum absolute atomic E-state index is 0.0768. The monoisotopic (exact) mass is 202 g/mol. The molecule has 0 aliphatic heterocycles. The third kappa shape index (κ3) is 2.03. The number of hydrogen-bond acceptors (Lipinski definition) is 3. The third-order valence-electron chi connectivity index (χ3n) is 2.20. The van der Waals surface area contributed by atoms with Crippen molar-refractivity contribution in [3.63, 3.8) is 0 Å². The van der Waals surface area contributed by atoms with Crippen molar-refractivity contribution < 1.29 is 0 Å². The molecular weight excluding hydrogens is 188 g/mol. The van der Waals surface area contributed by atoms with E-state index in [-0.39, 0.29) is 5.41 Å². The van der Waals surface area contributed by atoms with Gasteiger partial charge in [-0.15, -0.1) is 5.10 Å². The lowest BCUT2D eigenvalue weighted by Crippen LogP contribution is -2.11. The summed E-state index contributed by atoms with van der Waals surface area (Å²) in [7, 11) is 0. The number of nitrogens with one attached hydrogen (secondary N) is 1. The van der Waals surface area contributed by atoms with Gasteiger partial charge in [-0.3, -0.25) is 0 Å².